The quantitative estimate of drug-likeness (QED) is 0.354. The SMILES string of the molecule is COC(=O)C1=CN(N)CN1. The van der Waals surface area contributed by atoms with Crippen LogP contribution in [0.5, 0.6) is 0 Å². The van der Waals surface area contributed by atoms with Crippen LogP contribution in [0.3, 0.4) is 0 Å². The fraction of sp³-hybridized carbons (Fsp3) is 0.400. The summed E-state index contributed by atoms with van der Waals surface area (Å²) in [5.41, 5.74) is 0.394. The molecule has 0 aliphatic carbocycles. The molecule has 0 aromatic carbocycles. The van der Waals surface area contributed by atoms with Crippen LogP contribution in [0.25, 0.3) is 0 Å². The van der Waals surface area contributed by atoms with Gasteiger partial charge in [-0.2, -0.15) is 0 Å². The summed E-state index contributed by atoms with van der Waals surface area (Å²) in [7, 11) is 1.32. The molecule has 1 heterocycles. The summed E-state index contributed by atoms with van der Waals surface area (Å²) in [6.45, 7) is 0.449. The average molecular weight is 143 g/mol. The molecule has 0 atom stereocenters. The first-order chi connectivity index (χ1) is 4.74. The van der Waals surface area contributed by atoms with Gasteiger partial charge in [-0.3, -0.25) is 5.01 Å². The Hall–Kier alpha value is -1.23. The molecule has 56 valence electrons. The van der Waals surface area contributed by atoms with Crippen LogP contribution in [0, 0.1) is 0 Å². The molecular formula is C5H9N3O2. The lowest BCUT2D eigenvalue weighted by Gasteiger charge is -2.02. The van der Waals surface area contributed by atoms with Gasteiger partial charge in [-0.1, -0.05) is 0 Å². The number of hydrogen-bond acceptors (Lipinski definition) is 5. The van der Waals surface area contributed by atoms with Crippen molar-refractivity contribution in [2.75, 3.05) is 13.8 Å². The van der Waals surface area contributed by atoms with Crippen molar-refractivity contribution in [1.82, 2.24) is 10.3 Å². The summed E-state index contributed by atoms with van der Waals surface area (Å²) in [4.78, 5) is 10.7. The van der Waals surface area contributed by atoms with E-state index in [2.05, 4.69) is 10.1 Å². The van der Waals surface area contributed by atoms with Crippen LogP contribution in [-0.2, 0) is 9.53 Å². The van der Waals surface area contributed by atoms with Gasteiger partial charge in [0.2, 0.25) is 0 Å². The minimum atomic E-state index is -0.395. The van der Waals surface area contributed by atoms with Gasteiger partial charge in [0.25, 0.3) is 0 Å². The van der Waals surface area contributed by atoms with E-state index in [0.29, 0.717) is 12.4 Å². The second-order valence-corrected chi connectivity index (χ2v) is 1.88. The molecular weight excluding hydrogens is 134 g/mol. The van der Waals surface area contributed by atoms with E-state index in [1.165, 1.54) is 18.3 Å². The number of methoxy groups -OCH3 is 1. The first-order valence-electron chi connectivity index (χ1n) is 2.79. The lowest BCUT2D eigenvalue weighted by Crippen LogP contribution is -2.27. The maximum atomic E-state index is 10.7. The van der Waals surface area contributed by atoms with Crippen LogP contribution >= 0.6 is 0 Å². The summed E-state index contributed by atoms with van der Waals surface area (Å²) >= 11 is 0. The maximum absolute atomic E-state index is 10.7. The van der Waals surface area contributed by atoms with Crippen molar-refractivity contribution in [1.29, 1.82) is 0 Å². The number of carbonyl (C=O) groups is 1. The Kier molecular flexibility index (Phi) is 1.77. The van der Waals surface area contributed by atoms with E-state index < -0.39 is 5.97 Å². The van der Waals surface area contributed by atoms with Crippen LogP contribution in [0.4, 0.5) is 0 Å². The molecule has 5 nitrogen and oxygen atoms in total. The van der Waals surface area contributed by atoms with Crippen LogP contribution in [0.1, 0.15) is 0 Å². The Labute approximate surface area is 58.4 Å². The van der Waals surface area contributed by atoms with Crippen molar-refractivity contribution < 1.29 is 9.53 Å². The summed E-state index contributed by atoms with van der Waals surface area (Å²) in [5.74, 6) is 4.91. The van der Waals surface area contributed by atoms with E-state index in [9.17, 15) is 4.79 Å². The Morgan fingerprint density at radius 2 is 2.70 bits per heavy atom. The molecule has 0 fully saturated rings. The van der Waals surface area contributed by atoms with E-state index in [0.717, 1.165) is 0 Å². The Morgan fingerprint density at radius 3 is 3.10 bits per heavy atom. The standard InChI is InChI=1S/C5H9N3O2/c1-10-5(9)4-2-8(6)3-7-4/h2,7H,3,6H2,1H3. The zero-order chi connectivity index (χ0) is 7.56. The number of ether oxygens (including phenoxy) is 1. The van der Waals surface area contributed by atoms with Crippen molar-refractivity contribution in [2.24, 2.45) is 5.84 Å². The molecule has 3 N–H and O–H groups in total. The number of rotatable bonds is 1. The number of carbonyl (C=O) groups excluding carboxylic acids is 1. The highest BCUT2D eigenvalue weighted by molar-refractivity contribution is 5.87. The lowest BCUT2D eigenvalue weighted by molar-refractivity contribution is -0.136. The molecule has 0 aromatic rings. The first-order valence-corrected chi connectivity index (χ1v) is 2.79. The molecule has 10 heavy (non-hydrogen) atoms. The molecule has 0 amide bonds. The molecule has 1 aliphatic heterocycles. The van der Waals surface area contributed by atoms with Gasteiger partial charge >= 0.3 is 5.97 Å². The Morgan fingerprint density at radius 1 is 2.00 bits per heavy atom. The van der Waals surface area contributed by atoms with Crippen molar-refractivity contribution in [3.05, 3.63) is 11.9 Å². The predicted molar refractivity (Wildman–Crippen MR) is 34.1 cm³/mol. The van der Waals surface area contributed by atoms with E-state index >= 15 is 0 Å². The first kappa shape index (κ1) is 6.88. The fourth-order valence-corrected chi connectivity index (χ4v) is 0.668. The van der Waals surface area contributed by atoms with Gasteiger partial charge in [0.1, 0.15) is 12.4 Å². The normalized spacial score (nSPS) is 16.2. The van der Waals surface area contributed by atoms with Crippen molar-refractivity contribution in [3.63, 3.8) is 0 Å². The second kappa shape index (κ2) is 2.57. The highest BCUT2D eigenvalue weighted by Gasteiger charge is 2.15. The number of nitrogens with zero attached hydrogens (tertiary/aromatic N) is 1. The topological polar surface area (TPSA) is 67.6 Å². The van der Waals surface area contributed by atoms with E-state index in [-0.39, 0.29) is 0 Å². The highest BCUT2D eigenvalue weighted by Crippen LogP contribution is 1.99. The smallest absolute Gasteiger partial charge is 0.355 e. The molecule has 1 rings (SSSR count). The third-order valence-corrected chi connectivity index (χ3v) is 1.15. The second-order valence-electron chi connectivity index (χ2n) is 1.88. The minimum absolute atomic E-state index is 0.394. The fourth-order valence-electron chi connectivity index (χ4n) is 0.668. The van der Waals surface area contributed by atoms with Gasteiger partial charge in [-0.25, -0.2) is 10.6 Å². The number of nitrogens with two attached hydrogens (primary N) is 1. The predicted octanol–water partition coefficient (Wildman–Crippen LogP) is -1.26. The van der Waals surface area contributed by atoms with Gasteiger partial charge in [0.15, 0.2) is 0 Å². The van der Waals surface area contributed by atoms with E-state index in [1.807, 2.05) is 0 Å². The monoisotopic (exact) mass is 143 g/mol. The van der Waals surface area contributed by atoms with Gasteiger partial charge in [0, 0.05) is 6.20 Å². The lowest BCUT2D eigenvalue weighted by atomic mass is 10.5. The molecule has 0 saturated heterocycles. The molecule has 0 unspecified atom stereocenters. The van der Waals surface area contributed by atoms with Gasteiger partial charge < -0.3 is 10.1 Å². The molecule has 0 aromatic heterocycles. The zero-order valence-electron chi connectivity index (χ0n) is 5.63. The average Bonchev–Trinajstić information content (AvgIpc) is 2.34. The molecule has 0 bridgehead atoms. The van der Waals surface area contributed by atoms with Crippen molar-refractivity contribution in [2.45, 2.75) is 0 Å². The number of hydrazine groups is 1. The van der Waals surface area contributed by atoms with Crippen LogP contribution < -0.4 is 11.2 Å². The van der Waals surface area contributed by atoms with E-state index in [1.54, 1.807) is 0 Å². The number of hydrogen-bond donors (Lipinski definition) is 2. The molecule has 0 spiro atoms. The summed E-state index contributed by atoms with van der Waals surface area (Å²) in [6.07, 6.45) is 1.49. The molecule has 0 radical (unpaired) electrons. The maximum Gasteiger partial charge on any atom is 0.355 e. The Bertz CT molecular complexity index is 178. The van der Waals surface area contributed by atoms with E-state index in [4.69, 9.17) is 5.84 Å². The third kappa shape index (κ3) is 1.19. The number of esters is 1. The highest BCUT2D eigenvalue weighted by atomic mass is 16.5. The van der Waals surface area contributed by atoms with Crippen molar-refractivity contribution in [3.8, 4) is 0 Å². The largest absolute Gasteiger partial charge is 0.464 e. The van der Waals surface area contributed by atoms with Crippen LogP contribution in [-0.4, -0.2) is 24.8 Å². The molecule has 1 aliphatic rings. The summed E-state index contributed by atoms with van der Waals surface area (Å²) in [6, 6.07) is 0. The van der Waals surface area contributed by atoms with Gasteiger partial charge in [-0.15, -0.1) is 0 Å². The summed E-state index contributed by atoms with van der Waals surface area (Å²) in [5, 5.41) is 4.11. The number of nitrogens with one attached hydrogen (secondary N) is 1. The zero-order valence-corrected chi connectivity index (χ0v) is 5.63. The van der Waals surface area contributed by atoms with Crippen LogP contribution in [0.15, 0.2) is 11.9 Å². The Balaban J connectivity index is 2.57. The summed E-state index contributed by atoms with van der Waals surface area (Å²) < 4.78 is 4.43. The third-order valence-electron chi connectivity index (χ3n) is 1.15. The van der Waals surface area contributed by atoms with Gasteiger partial charge in [0.05, 0.1) is 7.11 Å². The van der Waals surface area contributed by atoms with Gasteiger partial charge in [-0.05, 0) is 0 Å². The van der Waals surface area contributed by atoms with Crippen molar-refractivity contribution >= 4 is 5.97 Å². The molecule has 0 saturated carbocycles. The molecule has 5 heteroatoms. The minimum Gasteiger partial charge on any atom is -0.464 e. The van der Waals surface area contributed by atoms with Crippen LogP contribution in [0.2, 0.25) is 0 Å².